The third-order valence-electron chi connectivity index (χ3n) is 3.38. The smallest absolute Gasteiger partial charge is 0.341 e. The normalized spacial score (nSPS) is 11.0. The third-order valence-corrected chi connectivity index (χ3v) is 3.72. The van der Waals surface area contributed by atoms with Crippen molar-refractivity contribution < 1.29 is 28.5 Å². The van der Waals surface area contributed by atoms with Gasteiger partial charge >= 0.3 is 5.97 Å². The average molecular weight is 426 g/mol. The van der Waals surface area contributed by atoms with Crippen molar-refractivity contribution in [1.82, 2.24) is 0 Å². The monoisotopic (exact) mass is 425 g/mol. The maximum Gasteiger partial charge on any atom is 0.341 e. The van der Waals surface area contributed by atoms with Crippen LogP contribution < -0.4 is 0 Å². The summed E-state index contributed by atoms with van der Waals surface area (Å²) in [6.07, 6.45) is 1.40. The molecule has 1 aromatic rings. The van der Waals surface area contributed by atoms with Gasteiger partial charge in [0.15, 0.2) is 5.78 Å². The molecular formula is C19H24ClN3O6. The van der Waals surface area contributed by atoms with E-state index in [-0.39, 0.29) is 38.5 Å². The number of azide groups is 1. The molecule has 158 valence electrons. The Morgan fingerprint density at radius 1 is 1.10 bits per heavy atom. The lowest BCUT2D eigenvalue weighted by molar-refractivity contribution is -0.140. The molecule has 0 heterocycles. The summed E-state index contributed by atoms with van der Waals surface area (Å²) in [4.78, 5) is 27.1. The van der Waals surface area contributed by atoms with Crippen molar-refractivity contribution in [1.29, 1.82) is 0 Å². The summed E-state index contributed by atoms with van der Waals surface area (Å²) in [7, 11) is 0. The minimum atomic E-state index is -0.727. The fourth-order valence-electron chi connectivity index (χ4n) is 2.04. The van der Waals surface area contributed by atoms with Crippen LogP contribution >= 0.6 is 11.6 Å². The standard InChI is InChI=1S/C19H24ClN3O6/c1-2-29-19(25)16(13-15-5-3-4-6-17(15)20)18(24)14-28-12-11-27-10-9-26-8-7-22-23-21/h3-6,13H,2,7-12,14H2,1H3/b16-13+. The highest BCUT2D eigenvalue weighted by atomic mass is 35.5. The summed E-state index contributed by atoms with van der Waals surface area (Å²) in [5, 5.41) is 3.75. The van der Waals surface area contributed by atoms with Crippen molar-refractivity contribution in [2.45, 2.75) is 6.92 Å². The van der Waals surface area contributed by atoms with E-state index in [2.05, 4.69) is 10.0 Å². The fraction of sp³-hybridized carbons (Fsp3) is 0.474. The predicted molar refractivity (Wildman–Crippen MR) is 108 cm³/mol. The van der Waals surface area contributed by atoms with E-state index in [0.717, 1.165) is 0 Å². The largest absolute Gasteiger partial charge is 0.462 e. The van der Waals surface area contributed by atoms with Gasteiger partial charge in [0.1, 0.15) is 12.2 Å². The number of Topliss-reactive ketones (excluding diaryl/α,β-unsaturated/α-hetero) is 1. The summed E-state index contributed by atoms with van der Waals surface area (Å²) in [6.45, 7) is 3.24. The molecule has 0 unspecified atom stereocenters. The van der Waals surface area contributed by atoms with E-state index >= 15 is 0 Å². The minimum absolute atomic E-state index is 0.130. The van der Waals surface area contributed by atoms with E-state index < -0.39 is 11.8 Å². The number of rotatable bonds is 15. The first-order chi connectivity index (χ1) is 14.1. The Hall–Kier alpha value is -2.42. The molecule has 0 aliphatic carbocycles. The molecule has 0 aliphatic heterocycles. The van der Waals surface area contributed by atoms with E-state index in [9.17, 15) is 9.59 Å². The van der Waals surface area contributed by atoms with Gasteiger partial charge in [-0.1, -0.05) is 34.9 Å². The number of benzene rings is 1. The molecule has 9 nitrogen and oxygen atoms in total. The van der Waals surface area contributed by atoms with E-state index in [1.54, 1.807) is 31.2 Å². The SMILES string of the molecule is CCOC(=O)/C(=C/c1ccccc1Cl)C(=O)COCCOCCOCCN=[N+]=[N-]. The second kappa shape index (κ2) is 15.5. The van der Waals surface area contributed by atoms with Crippen molar-refractivity contribution in [3.05, 3.63) is 50.9 Å². The van der Waals surface area contributed by atoms with Crippen molar-refractivity contribution in [3.8, 4) is 0 Å². The van der Waals surface area contributed by atoms with Crippen molar-refractivity contribution >= 4 is 29.4 Å². The van der Waals surface area contributed by atoms with Crippen LogP contribution in [0, 0.1) is 0 Å². The van der Waals surface area contributed by atoms with E-state index in [1.807, 2.05) is 0 Å². The van der Waals surface area contributed by atoms with Gasteiger partial charge in [-0.05, 0) is 30.2 Å². The summed E-state index contributed by atoms with van der Waals surface area (Å²) < 4.78 is 20.7. The molecule has 1 rings (SSSR count). The number of hydrogen-bond acceptors (Lipinski definition) is 7. The van der Waals surface area contributed by atoms with Gasteiger partial charge in [-0.15, -0.1) is 0 Å². The molecule has 0 amide bonds. The minimum Gasteiger partial charge on any atom is -0.462 e. The first kappa shape index (κ1) is 24.6. The highest BCUT2D eigenvalue weighted by molar-refractivity contribution is 6.32. The molecule has 0 saturated carbocycles. The summed E-state index contributed by atoms with van der Waals surface area (Å²) >= 11 is 6.09. The Labute approximate surface area is 174 Å². The van der Waals surface area contributed by atoms with E-state index in [0.29, 0.717) is 30.4 Å². The number of halogens is 1. The number of carbonyl (C=O) groups is 2. The first-order valence-corrected chi connectivity index (χ1v) is 9.38. The maximum absolute atomic E-state index is 12.4. The highest BCUT2D eigenvalue weighted by Gasteiger charge is 2.20. The van der Waals surface area contributed by atoms with Crippen LogP contribution in [0.2, 0.25) is 5.02 Å². The van der Waals surface area contributed by atoms with Crippen LogP contribution in [-0.2, 0) is 28.5 Å². The molecule has 0 aromatic heterocycles. The zero-order valence-corrected chi connectivity index (χ0v) is 17.0. The van der Waals surface area contributed by atoms with Crippen LogP contribution in [0.5, 0.6) is 0 Å². The predicted octanol–water partition coefficient (Wildman–Crippen LogP) is 3.22. The lowest BCUT2D eigenvalue weighted by Gasteiger charge is -2.09. The topological polar surface area (TPSA) is 120 Å². The number of nitrogens with zero attached hydrogens (tertiary/aromatic N) is 3. The van der Waals surface area contributed by atoms with Gasteiger partial charge in [0.2, 0.25) is 0 Å². The van der Waals surface area contributed by atoms with Crippen LogP contribution in [0.25, 0.3) is 16.5 Å². The van der Waals surface area contributed by atoms with Crippen molar-refractivity contribution in [3.63, 3.8) is 0 Å². The summed E-state index contributed by atoms with van der Waals surface area (Å²) in [5.74, 6) is -1.24. The Bertz CT molecular complexity index is 734. The molecule has 1 aromatic carbocycles. The Morgan fingerprint density at radius 3 is 2.41 bits per heavy atom. The molecule has 0 saturated heterocycles. The number of ether oxygens (including phenoxy) is 4. The van der Waals surface area contributed by atoms with Gasteiger partial charge in [0.05, 0.1) is 39.6 Å². The number of esters is 1. The van der Waals surface area contributed by atoms with Gasteiger partial charge in [-0.2, -0.15) is 0 Å². The highest BCUT2D eigenvalue weighted by Crippen LogP contribution is 2.19. The zero-order chi connectivity index (χ0) is 21.3. The average Bonchev–Trinajstić information content (AvgIpc) is 2.71. The van der Waals surface area contributed by atoms with Crippen molar-refractivity contribution in [2.24, 2.45) is 5.11 Å². The van der Waals surface area contributed by atoms with Gasteiger partial charge in [0, 0.05) is 16.5 Å². The van der Waals surface area contributed by atoms with Crippen LogP contribution in [0.3, 0.4) is 0 Å². The van der Waals surface area contributed by atoms with Gasteiger partial charge < -0.3 is 18.9 Å². The number of ketones is 1. The molecule has 0 bridgehead atoms. The first-order valence-electron chi connectivity index (χ1n) is 9.00. The molecule has 0 radical (unpaired) electrons. The second-order valence-electron chi connectivity index (χ2n) is 5.45. The summed E-state index contributed by atoms with van der Waals surface area (Å²) in [5.41, 5.74) is 8.52. The molecule has 0 spiro atoms. The Kier molecular flexibility index (Phi) is 13.2. The molecule has 29 heavy (non-hydrogen) atoms. The quantitative estimate of drug-likeness (QED) is 0.0621. The Balaban J connectivity index is 2.41. The van der Waals surface area contributed by atoms with Crippen LogP contribution in [0.1, 0.15) is 12.5 Å². The van der Waals surface area contributed by atoms with Crippen molar-refractivity contribution in [2.75, 3.05) is 52.8 Å². The van der Waals surface area contributed by atoms with Gasteiger partial charge in [-0.3, -0.25) is 4.79 Å². The molecular weight excluding hydrogens is 402 g/mol. The fourth-order valence-corrected chi connectivity index (χ4v) is 2.23. The van der Waals surface area contributed by atoms with E-state index in [1.165, 1.54) is 6.08 Å². The molecule has 0 N–H and O–H groups in total. The molecule has 0 aliphatic rings. The number of carbonyl (C=O) groups excluding carboxylic acids is 2. The van der Waals surface area contributed by atoms with Gasteiger partial charge in [-0.25, -0.2) is 4.79 Å². The van der Waals surface area contributed by atoms with Crippen LogP contribution in [0.15, 0.2) is 35.0 Å². The van der Waals surface area contributed by atoms with E-state index in [4.69, 9.17) is 36.1 Å². The van der Waals surface area contributed by atoms with Crippen LogP contribution in [0.4, 0.5) is 0 Å². The van der Waals surface area contributed by atoms with Gasteiger partial charge in [0.25, 0.3) is 0 Å². The van der Waals surface area contributed by atoms with Crippen LogP contribution in [-0.4, -0.2) is 64.5 Å². The maximum atomic E-state index is 12.4. The molecule has 0 fully saturated rings. The zero-order valence-electron chi connectivity index (χ0n) is 16.2. The third kappa shape index (κ3) is 10.6. The summed E-state index contributed by atoms with van der Waals surface area (Å²) in [6, 6.07) is 6.85. The lowest BCUT2D eigenvalue weighted by Crippen LogP contribution is -2.21. The Morgan fingerprint density at radius 2 is 1.76 bits per heavy atom. The molecule has 10 heteroatoms. The molecule has 0 atom stereocenters. The lowest BCUT2D eigenvalue weighted by atomic mass is 10.1. The second-order valence-corrected chi connectivity index (χ2v) is 5.86. The number of hydrogen-bond donors (Lipinski definition) is 0.